The molecule has 5 nitrogen and oxygen atoms in total. The standard InChI is InChI=1S/C13H19N3O2/c1-2-6-15-12(10-3-4-10)8-11-5-7-14-9-13(11)16(17)18/h5,7,9-10,12,15H,2-4,6,8H2,1H3. The Labute approximate surface area is 107 Å². The van der Waals surface area contributed by atoms with Crippen molar-refractivity contribution in [1.29, 1.82) is 0 Å². The molecule has 0 aliphatic heterocycles. The topological polar surface area (TPSA) is 68.1 Å². The monoisotopic (exact) mass is 249 g/mol. The van der Waals surface area contributed by atoms with Crippen LogP contribution in [0.3, 0.4) is 0 Å². The van der Waals surface area contributed by atoms with Gasteiger partial charge in [-0.15, -0.1) is 0 Å². The highest BCUT2D eigenvalue weighted by molar-refractivity contribution is 5.37. The number of nitrogens with one attached hydrogen (secondary N) is 1. The van der Waals surface area contributed by atoms with Gasteiger partial charge < -0.3 is 5.32 Å². The number of hydrogen-bond acceptors (Lipinski definition) is 4. The molecule has 1 aliphatic carbocycles. The summed E-state index contributed by atoms with van der Waals surface area (Å²) < 4.78 is 0. The molecule has 0 spiro atoms. The van der Waals surface area contributed by atoms with Crippen LogP contribution in [0.1, 0.15) is 31.7 Å². The number of aromatic nitrogens is 1. The summed E-state index contributed by atoms with van der Waals surface area (Å²) in [6.45, 7) is 3.10. The fraction of sp³-hybridized carbons (Fsp3) is 0.615. The Morgan fingerprint density at radius 1 is 1.61 bits per heavy atom. The molecule has 2 rings (SSSR count). The van der Waals surface area contributed by atoms with E-state index in [1.807, 2.05) is 0 Å². The summed E-state index contributed by atoms with van der Waals surface area (Å²) >= 11 is 0. The molecule has 0 saturated heterocycles. The summed E-state index contributed by atoms with van der Waals surface area (Å²) in [7, 11) is 0. The Morgan fingerprint density at radius 2 is 2.39 bits per heavy atom. The molecule has 0 bridgehead atoms. The lowest BCUT2D eigenvalue weighted by atomic mass is 10.0. The molecule has 1 heterocycles. The van der Waals surface area contributed by atoms with Crippen molar-refractivity contribution in [1.82, 2.24) is 10.3 Å². The number of nitro groups is 1. The van der Waals surface area contributed by atoms with E-state index >= 15 is 0 Å². The molecule has 5 heteroatoms. The van der Waals surface area contributed by atoms with E-state index in [0.29, 0.717) is 12.0 Å². The highest BCUT2D eigenvalue weighted by atomic mass is 16.6. The first kappa shape index (κ1) is 13.0. The molecule has 1 aliphatic rings. The number of pyridine rings is 1. The van der Waals surface area contributed by atoms with Crippen LogP contribution in [0.4, 0.5) is 5.69 Å². The Morgan fingerprint density at radius 3 is 3.00 bits per heavy atom. The number of hydrogen-bond donors (Lipinski definition) is 1. The summed E-state index contributed by atoms with van der Waals surface area (Å²) in [5.74, 6) is 0.685. The average molecular weight is 249 g/mol. The van der Waals surface area contributed by atoms with Crippen LogP contribution in [0.2, 0.25) is 0 Å². The fourth-order valence-corrected chi connectivity index (χ4v) is 2.22. The molecule has 1 aromatic heterocycles. The van der Waals surface area contributed by atoms with Crippen LogP contribution in [0.5, 0.6) is 0 Å². The molecule has 18 heavy (non-hydrogen) atoms. The van der Waals surface area contributed by atoms with Gasteiger partial charge in [-0.25, -0.2) is 0 Å². The van der Waals surface area contributed by atoms with E-state index < -0.39 is 0 Å². The Bertz CT molecular complexity index is 418. The predicted molar refractivity (Wildman–Crippen MR) is 69.4 cm³/mol. The second-order valence-electron chi connectivity index (χ2n) is 4.86. The largest absolute Gasteiger partial charge is 0.313 e. The van der Waals surface area contributed by atoms with Crippen molar-refractivity contribution in [2.75, 3.05) is 6.54 Å². The molecular weight excluding hydrogens is 230 g/mol. The average Bonchev–Trinajstić information content (AvgIpc) is 3.19. The van der Waals surface area contributed by atoms with Crippen LogP contribution >= 0.6 is 0 Å². The lowest BCUT2D eigenvalue weighted by Crippen LogP contribution is -2.33. The molecular formula is C13H19N3O2. The van der Waals surface area contributed by atoms with Crippen molar-refractivity contribution in [3.8, 4) is 0 Å². The highest BCUT2D eigenvalue weighted by Gasteiger charge is 2.32. The van der Waals surface area contributed by atoms with Crippen LogP contribution in [-0.4, -0.2) is 22.5 Å². The lowest BCUT2D eigenvalue weighted by Gasteiger charge is -2.17. The molecule has 0 aromatic carbocycles. The van der Waals surface area contributed by atoms with Gasteiger partial charge in [-0.2, -0.15) is 0 Å². The maximum Gasteiger partial charge on any atom is 0.290 e. The maximum absolute atomic E-state index is 10.9. The first-order chi connectivity index (χ1) is 8.72. The predicted octanol–water partition coefficient (Wildman–Crippen LogP) is 2.31. The van der Waals surface area contributed by atoms with E-state index in [2.05, 4.69) is 17.2 Å². The van der Waals surface area contributed by atoms with Gasteiger partial charge in [-0.1, -0.05) is 6.92 Å². The molecule has 0 radical (unpaired) electrons. The second-order valence-corrected chi connectivity index (χ2v) is 4.86. The lowest BCUT2D eigenvalue weighted by molar-refractivity contribution is -0.385. The van der Waals surface area contributed by atoms with Crippen molar-refractivity contribution in [2.24, 2.45) is 5.92 Å². The summed E-state index contributed by atoms with van der Waals surface area (Å²) in [4.78, 5) is 14.4. The maximum atomic E-state index is 10.9. The van der Waals surface area contributed by atoms with Crippen LogP contribution in [0, 0.1) is 16.0 Å². The molecule has 1 aromatic rings. The van der Waals surface area contributed by atoms with Gasteiger partial charge in [0.2, 0.25) is 0 Å². The van der Waals surface area contributed by atoms with Crippen LogP contribution in [0.25, 0.3) is 0 Å². The zero-order valence-corrected chi connectivity index (χ0v) is 10.6. The van der Waals surface area contributed by atoms with Crippen molar-refractivity contribution in [3.63, 3.8) is 0 Å². The minimum Gasteiger partial charge on any atom is -0.313 e. The van der Waals surface area contributed by atoms with E-state index in [4.69, 9.17) is 0 Å². The van der Waals surface area contributed by atoms with Crippen LogP contribution in [0.15, 0.2) is 18.5 Å². The molecule has 1 atom stereocenters. The summed E-state index contributed by atoms with van der Waals surface area (Å²) in [5.41, 5.74) is 0.928. The Balaban J connectivity index is 2.08. The highest BCUT2D eigenvalue weighted by Crippen LogP contribution is 2.35. The zero-order chi connectivity index (χ0) is 13.0. The Hall–Kier alpha value is -1.49. The smallest absolute Gasteiger partial charge is 0.290 e. The van der Waals surface area contributed by atoms with Gasteiger partial charge in [0.15, 0.2) is 0 Å². The Kier molecular flexibility index (Phi) is 4.25. The number of rotatable bonds is 7. The molecule has 1 saturated carbocycles. The van der Waals surface area contributed by atoms with Crippen molar-refractivity contribution in [2.45, 2.75) is 38.6 Å². The van der Waals surface area contributed by atoms with Gasteiger partial charge in [0.25, 0.3) is 5.69 Å². The van der Waals surface area contributed by atoms with E-state index in [-0.39, 0.29) is 10.6 Å². The van der Waals surface area contributed by atoms with Gasteiger partial charge in [0.05, 0.1) is 4.92 Å². The fourth-order valence-electron chi connectivity index (χ4n) is 2.22. The van der Waals surface area contributed by atoms with Gasteiger partial charge >= 0.3 is 0 Å². The first-order valence-corrected chi connectivity index (χ1v) is 6.53. The van der Waals surface area contributed by atoms with Gasteiger partial charge in [0.1, 0.15) is 6.20 Å². The van der Waals surface area contributed by atoms with Crippen LogP contribution in [-0.2, 0) is 6.42 Å². The molecule has 1 fully saturated rings. The molecule has 1 N–H and O–H groups in total. The molecule has 1 unspecified atom stereocenters. The normalized spacial score (nSPS) is 16.5. The molecule has 98 valence electrons. The van der Waals surface area contributed by atoms with E-state index in [1.165, 1.54) is 19.0 Å². The van der Waals surface area contributed by atoms with E-state index in [9.17, 15) is 10.1 Å². The molecule has 0 amide bonds. The van der Waals surface area contributed by atoms with Gasteiger partial charge in [0, 0.05) is 17.8 Å². The minimum absolute atomic E-state index is 0.140. The van der Waals surface area contributed by atoms with E-state index in [0.717, 1.165) is 24.9 Å². The third kappa shape index (κ3) is 3.26. The van der Waals surface area contributed by atoms with Crippen LogP contribution < -0.4 is 5.32 Å². The van der Waals surface area contributed by atoms with Crippen molar-refractivity contribution in [3.05, 3.63) is 34.1 Å². The quantitative estimate of drug-likeness (QED) is 0.594. The SMILES string of the molecule is CCCNC(Cc1ccncc1[N+](=O)[O-])C1CC1. The zero-order valence-electron chi connectivity index (χ0n) is 10.6. The summed E-state index contributed by atoms with van der Waals surface area (Å²) in [6, 6.07) is 2.13. The number of nitrogens with zero attached hydrogens (tertiary/aromatic N) is 2. The first-order valence-electron chi connectivity index (χ1n) is 6.53. The third-order valence-corrected chi connectivity index (χ3v) is 3.37. The third-order valence-electron chi connectivity index (χ3n) is 3.37. The summed E-state index contributed by atoms with van der Waals surface area (Å²) in [5, 5.41) is 14.5. The van der Waals surface area contributed by atoms with Gasteiger partial charge in [-0.3, -0.25) is 15.1 Å². The minimum atomic E-state index is -0.341. The summed E-state index contributed by atoms with van der Waals surface area (Å²) in [6.07, 6.45) is 7.26. The van der Waals surface area contributed by atoms with Crippen molar-refractivity contribution < 1.29 is 4.92 Å². The van der Waals surface area contributed by atoms with Crippen molar-refractivity contribution >= 4 is 5.69 Å². The van der Waals surface area contributed by atoms with Gasteiger partial charge in [-0.05, 0) is 44.2 Å². The van der Waals surface area contributed by atoms with E-state index in [1.54, 1.807) is 12.3 Å². The second kappa shape index (κ2) is 5.91.